The molecule has 0 unspecified atom stereocenters. The van der Waals surface area contributed by atoms with E-state index in [1.807, 2.05) is 24.3 Å². The molecule has 4 aromatic rings. The second-order valence-electron chi connectivity index (χ2n) is 6.91. The van der Waals surface area contributed by atoms with E-state index in [9.17, 15) is 0 Å². The van der Waals surface area contributed by atoms with E-state index in [-0.39, 0.29) is 0 Å². The van der Waals surface area contributed by atoms with E-state index in [4.69, 9.17) is 11.6 Å². The number of aromatic nitrogens is 1. The predicted molar refractivity (Wildman–Crippen MR) is 113 cm³/mol. The van der Waals surface area contributed by atoms with Crippen LogP contribution >= 0.6 is 11.6 Å². The molecule has 4 rings (SSSR count). The largest absolute Gasteiger partial charge is 0.355 e. The zero-order chi connectivity index (χ0) is 18.1. The first-order chi connectivity index (χ1) is 12.6. The molecule has 0 saturated carbocycles. The van der Waals surface area contributed by atoms with Gasteiger partial charge < -0.3 is 15.2 Å². The summed E-state index contributed by atoms with van der Waals surface area (Å²) in [5.74, 6) is 0. The highest BCUT2D eigenvalue weighted by atomic mass is 35.5. The zero-order valence-electron chi connectivity index (χ0n) is 15.0. The van der Waals surface area contributed by atoms with Crippen molar-refractivity contribution in [2.24, 2.45) is 0 Å². The fraction of sp³-hybridized carbons (Fsp3) is 0.182. The number of H-pyrrole nitrogens is 1. The summed E-state index contributed by atoms with van der Waals surface area (Å²) in [6.07, 6.45) is 0.993. The van der Waals surface area contributed by atoms with Gasteiger partial charge >= 0.3 is 0 Å². The van der Waals surface area contributed by atoms with Crippen LogP contribution in [0.4, 0.5) is 11.4 Å². The van der Waals surface area contributed by atoms with Crippen molar-refractivity contribution in [1.82, 2.24) is 9.88 Å². The average molecular weight is 364 g/mol. The third kappa shape index (κ3) is 3.41. The van der Waals surface area contributed by atoms with Crippen LogP contribution in [0.3, 0.4) is 0 Å². The molecule has 0 radical (unpaired) electrons. The number of hydrogen-bond acceptors (Lipinski definition) is 2. The fourth-order valence-electron chi connectivity index (χ4n) is 3.34. The maximum Gasteiger partial charge on any atom is 0.0499 e. The van der Waals surface area contributed by atoms with Crippen LogP contribution < -0.4 is 5.32 Å². The van der Waals surface area contributed by atoms with Crippen molar-refractivity contribution in [3.8, 4) is 0 Å². The van der Waals surface area contributed by atoms with Crippen molar-refractivity contribution in [1.29, 1.82) is 0 Å². The van der Waals surface area contributed by atoms with Crippen molar-refractivity contribution < 1.29 is 0 Å². The van der Waals surface area contributed by atoms with Crippen molar-refractivity contribution in [3.63, 3.8) is 0 Å². The lowest BCUT2D eigenvalue weighted by atomic mass is 10.0. The first-order valence-corrected chi connectivity index (χ1v) is 9.18. The molecule has 1 aromatic heterocycles. The summed E-state index contributed by atoms with van der Waals surface area (Å²) in [5.41, 5.74) is 5.86. The highest BCUT2D eigenvalue weighted by molar-refractivity contribution is 6.30. The van der Waals surface area contributed by atoms with Gasteiger partial charge in [0.05, 0.1) is 0 Å². The molecule has 0 saturated heterocycles. The highest BCUT2D eigenvalue weighted by Gasteiger charge is 2.11. The Labute approximate surface area is 158 Å². The molecule has 3 nitrogen and oxygen atoms in total. The molecule has 0 bridgehead atoms. The van der Waals surface area contributed by atoms with Gasteiger partial charge in [-0.05, 0) is 68.5 Å². The summed E-state index contributed by atoms with van der Waals surface area (Å²) in [4.78, 5) is 5.82. The molecule has 0 spiro atoms. The van der Waals surface area contributed by atoms with E-state index in [2.05, 4.69) is 65.7 Å². The topological polar surface area (TPSA) is 31.1 Å². The second-order valence-corrected chi connectivity index (χ2v) is 7.35. The van der Waals surface area contributed by atoms with Gasteiger partial charge in [-0.25, -0.2) is 0 Å². The van der Waals surface area contributed by atoms with E-state index in [0.29, 0.717) is 0 Å². The summed E-state index contributed by atoms with van der Waals surface area (Å²) < 4.78 is 0. The van der Waals surface area contributed by atoms with Crippen LogP contribution in [0.1, 0.15) is 5.56 Å². The third-order valence-corrected chi connectivity index (χ3v) is 4.91. The molecule has 26 heavy (non-hydrogen) atoms. The quantitative estimate of drug-likeness (QED) is 0.468. The van der Waals surface area contributed by atoms with Crippen molar-refractivity contribution >= 4 is 44.8 Å². The molecule has 2 N–H and O–H groups in total. The smallest absolute Gasteiger partial charge is 0.0499 e. The maximum atomic E-state index is 6.00. The first-order valence-electron chi connectivity index (χ1n) is 8.81. The van der Waals surface area contributed by atoms with Gasteiger partial charge in [-0.2, -0.15) is 0 Å². The summed E-state index contributed by atoms with van der Waals surface area (Å²) in [5, 5.41) is 6.78. The Hall–Kier alpha value is -2.49. The van der Waals surface area contributed by atoms with Gasteiger partial charge in [0.1, 0.15) is 0 Å². The number of anilines is 2. The molecular weight excluding hydrogens is 342 g/mol. The van der Waals surface area contributed by atoms with Gasteiger partial charge in [0.2, 0.25) is 0 Å². The van der Waals surface area contributed by atoms with Crippen LogP contribution in [0.2, 0.25) is 5.02 Å². The predicted octanol–water partition coefficient (Wildman–Crippen LogP) is 5.82. The number of rotatable bonds is 5. The van der Waals surface area contributed by atoms with E-state index < -0.39 is 0 Å². The standard InChI is InChI=1S/C22H22ClN3/c1-26(2)12-11-15-13-18(24-17-9-7-16(23)8-10-17)14-20-19-5-3-4-6-21(19)25-22(15)20/h3-10,13-14,24-25H,11-12H2,1-2H3. The van der Waals surface area contributed by atoms with E-state index in [0.717, 1.165) is 29.4 Å². The Kier molecular flexibility index (Phi) is 4.58. The van der Waals surface area contributed by atoms with Crippen LogP contribution in [0, 0.1) is 0 Å². The van der Waals surface area contributed by atoms with Crippen LogP contribution in [-0.2, 0) is 6.42 Å². The Balaban J connectivity index is 1.81. The van der Waals surface area contributed by atoms with E-state index in [1.165, 1.54) is 27.4 Å². The SMILES string of the molecule is CN(C)CCc1cc(Nc2ccc(Cl)cc2)cc2c1[nH]c1ccccc12. The minimum Gasteiger partial charge on any atom is -0.355 e. The molecule has 3 aromatic carbocycles. The number of halogens is 1. The molecule has 4 heteroatoms. The Morgan fingerprint density at radius 1 is 0.923 bits per heavy atom. The van der Waals surface area contributed by atoms with Crippen molar-refractivity contribution in [2.75, 3.05) is 26.0 Å². The number of likely N-dealkylation sites (N-methyl/N-ethyl adjacent to an activating group) is 1. The van der Waals surface area contributed by atoms with Crippen LogP contribution in [0.25, 0.3) is 21.8 Å². The number of nitrogens with zero attached hydrogens (tertiary/aromatic N) is 1. The van der Waals surface area contributed by atoms with Gasteiger partial charge in [-0.3, -0.25) is 0 Å². The number of aromatic amines is 1. The lowest BCUT2D eigenvalue weighted by Crippen LogP contribution is -2.15. The molecule has 0 aliphatic heterocycles. The minimum atomic E-state index is 0.745. The average Bonchev–Trinajstić information content (AvgIpc) is 3.00. The van der Waals surface area contributed by atoms with Crippen molar-refractivity contribution in [3.05, 3.63) is 71.2 Å². The van der Waals surface area contributed by atoms with Gasteiger partial charge in [0, 0.05) is 44.7 Å². The number of nitrogens with one attached hydrogen (secondary N) is 2. The number of benzene rings is 3. The van der Waals surface area contributed by atoms with Gasteiger partial charge in [0.25, 0.3) is 0 Å². The molecule has 0 aliphatic rings. The maximum absolute atomic E-state index is 6.00. The number of para-hydroxylation sites is 1. The van der Waals surface area contributed by atoms with Crippen LogP contribution in [0.5, 0.6) is 0 Å². The molecule has 0 aliphatic carbocycles. The van der Waals surface area contributed by atoms with Crippen LogP contribution in [0.15, 0.2) is 60.7 Å². The lowest BCUT2D eigenvalue weighted by molar-refractivity contribution is 0.414. The molecular formula is C22H22ClN3. The normalized spacial score (nSPS) is 11.5. The van der Waals surface area contributed by atoms with Crippen molar-refractivity contribution in [2.45, 2.75) is 6.42 Å². The monoisotopic (exact) mass is 363 g/mol. The number of fused-ring (bicyclic) bond motifs is 3. The molecule has 0 amide bonds. The Morgan fingerprint density at radius 3 is 2.46 bits per heavy atom. The number of hydrogen-bond donors (Lipinski definition) is 2. The first kappa shape index (κ1) is 17.0. The summed E-state index contributed by atoms with van der Waals surface area (Å²) in [6, 6.07) is 20.8. The third-order valence-electron chi connectivity index (χ3n) is 4.66. The Morgan fingerprint density at radius 2 is 1.69 bits per heavy atom. The van der Waals surface area contributed by atoms with Gasteiger partial charge in [-0.15, -0.1) is 0 Å². The van der Waals surface area contributed by atoms with Gasteiger partial charge in [0.15, 0.2) is 0 Å². The zero-order valence-corrected chi connectivity index (χ0v) is 15.8. The fourth-order valence-corrected chi connectivity index (χ4v) is 3.46. The summed E-state index contributed by atoms with van der Waals surface area (Å²) >= 11 is 6.00. The lowest BCUT2D eigenvalue weighted by Gasteiger charge is -2.13. The molecule has 1 heterocycles. The van der Waals surface area contributed by atoms with E-state index in [1.54, 1.807) is 0 Å². The molecule has 0 fully saturated rings. The Bertz CT molecular complexity index is 1050. The highest BCUT2D eigenvalue weighted by Crippen LogP contribution is 2.32. The van der Waals surface area contributed by atoms with Gasteiger partial charge in [-0.1, -0.05) is 29.8 Å². The van der Waals surface area contributed by atoms with E-state index >= 15 is 0 Å². The second kappa shape index (κ2) is 7.02. The summed E-state index contributed by atoms with van der Waals surface area (Å²) in [6.45, 7) is 1.01. The minimum absolute atomic E-state index is 0.745. The summed E-state index contributed by atoms with van der Waals surface area (Å²) in [7, 11) is 4.22. The molecule has 0 atom stereocenters. The van der Waals surface area contributed by atoms with Crippen LogP contribution in [-0.4, -0.2) is 30.5 Å². The molecule has 132 valence electrons.